The molecule has 2 aromatic rings. The third-order valence-electron chi connectivity index (χ3n) is 4.54. The highest BCUT2D eigenvalue weighted by atomic mass is 19.1. The van der Waals surface area contributed by atoms with Crippen LogP contribution in [0.2, 0.25) is 0 Å². The first-order valence-electron chi connectivity index (χ1n) is 8.01. The molecule has 0 radical (unpaired) electrons. The molecule has 1 amide bonds. The van der Waals surface area contributed by atoms with Crippen molar-refractivity contribution >= 4 is 5.91 Å². The van der Waals surface area contributed by atoms with Gasteiger partial charge in [-0.2, -0.15) is 0 Å². The molecule has 3 rings (SSSR count). The summed E-state index contributed by atoms with van der Waals surface area (Å²) in [5.41, 5.74) is 8.28. The third kappa shape index (κ3) is 3.42. The lowest BCUT2D eigenvalue weighted by Gasteiger charge is -2.32. The van der Waals surface area contributed by atoms with Gasteiger partial charge in [-0.15, -0.1) is 0 Å². The smallest absolute Gasteiger partial charge is 0.256 e. The zero-order valence-corrected chi connectivity index (χ0v) is 13.0. The Hall–Kier alpha value is -2.20. The van der Waals surface area contributed by atoms with Crippen LogP contribution in [0.1, 0.15) is 40.2 Å². The Labute approximate surface area is 135 Å². The molecule has 0 unspecified atom stereocenters. The maximum absolute atomic E-state index is 13.8. The predicted octanol–water partition coefficient (Wildman–Crippen LogP) is 3.30. The van der Waals surface area contributed by atoms with E-state index >= 15 is 0 Å². The highest BCUT2D eigenvalue weighted by Gasteiger charge is 2.25. The summed E-state index contributed by atoms with van der Waals surface area (Å²) in [5, 5.41) is 0. The van der Waals surface area contributed by atoms with Crippen LogP contribution in [0.15, 0.2) is 48.5 Å². The standard InChI is InChI=1S/C19H21FN2O/c20-18-7-2-1-6-17(18)19(23)22-10-8-15(9-11-22)16-5-3-4-14(12-16)13-21/h1-7,12,15H,8-11,13,21H2. The molecule has 1 aliphatic rings. The van der Waals surface area contributed by atoms with Crippen LogP contribution in [0.4, 0.5) is 4.39 Å². The first kappa shape index (κ1) is 15.7. The molecule has 0 aliphatic carbocycles. The van der Waals surface area contributed by atoms with Gasteiger partial charge in [0.25, 0.3) is 5.91 Å². The molecule has 1 aliphatic heterocycles. The van der Waals surface area contributed by atoms with Gasteiger partial charge in [0.05, 0.1) is 5.56 Å². The van der Waals surface area contributed by atoms with Gasteiger partial charge in [0.15, 0.2) is 0 Å². The number of nitrogens with two attached hydrogens (primary N) is 1. The van der Waals surface area contributed by atoms with E-state index in [1.807, 2.05) is 12.1 Å². The van der Waals surface area contributed by atoms with Gasteiger partial charge in [-0.3, -0.25) is 4.79 Å². The Bertz CT molecular complexity index is 693. The fraction of sp³-hybridized carbons (Fsp3) is 0.316. The second-order valence-corrected chi connectivity index (χ2v) is 6.00. The molecule has 0 atom stereocenters. The Balaban J connectivity index is 1.66. The average Bonchev–Trinajstić information content (AvgIpc) is 2.62. The van der Waals surface area contributed by atoms with Crippen molar-refractivity contribution < 1.29 is 9.18 Å². The summed E-state index contributed by atoms with van der Waals surface area (Å²) < 4.78 is 13.8. The fourth-order valence-electron chi connectivity index (χ4n) is 3.19. The topological polar surface area (TPSA) is 46.3 Å². The van der Waals surface area contributed by atoms with E-state index in [9.17, 15) is 9.18 Å². The summed E-state index contributed by atoms with van der Waals surface area (Å²) in [6, 6.07) is 14.5. The molecule has 0 spiro atoms. The quantitative estimate of drug-likeness (QED) is 0.945. The van der Waals surface area contributed by atoms with E-state index < -0.39 is 5.82 Å². The van der Waals surface area contributed by atoms with Crippen molar-refractivity contribution in [2.75, 3.05) is 13.1 Å². The number of hydrogen-bond acceptors (Lipinski definition) is 2. The molecule has 0 aromatic heterocycles. The van der Waals surface area contributed by atoms with Crippen LogP contribution >= 0.6 is 0 Å². The summed E-state index contributed by atoms with van der Waals surface area (Å²) in [4.78, 5) is 14.2. The van der Waals surface area contributed by atoms with Gasteiger partial charge in [-0.1, -0.05) is 36.4 Å². The third-order valence-corrected chi connectivity index (χ3v) is 4.54. The van der Waals surface area contributed by atoms with Crippen molar-refractivity contribution in [1.82, 2.24) is 4.90 Å². The number of amides is 1. The van der Waals surface area contributed by atoms with Gasteiger partial charge in [-0.05, 0) is 42.0 Å². The zero-order valence-electron chi connectivity index (χ0n) is 13.0. The predicted molar refractivity (Wildman–Crippen MR) is 88.6 cm³/mol. The average molecular weight is 312 g/mol. The highest BCUT2D eigenvalue weighted by Crippen LogP contribution is 2.29. The molecule has 0 bridgehead atoms. The normalized spacial score (nSPS) is 15.7. The first-order valence-corrected chi connectivity index (χ1v) is 8.01. The summed E-state index contributed by atoms with van der Waals surface area (Å²) in [7, 11) is 0. The molecule has 120 valence electrons. The van der Waals surface area contributed by atoms with Crippen LogP contribution in [0.3, 0.4) is 0 Å². The van der Waals surface area contributed by atoms with E-state index in [1.54, 1.807) is 23.1 Å². The molecule has 4 heteroatoms. The van der Waals surface area contributed by atoms with Crippen LogP contribution in [0, 0.1) is 5.82 Å². The van der Waals surface area contributed by atoms with Gasteiger partial charge < -0.3 is 10.6 Å². The molecule has 3 nitrogen and oxygen atoms in total. The largest absolute Gasteiger partial charge is 0.339 e. The summed E-state index contributed by atoms with van der Waals surface area (Å²) >= 11 is 0. The number of rotatable bonds is 3. The SMILES string of the molecule is NCc1cccc(C2CCN(C(=O)c3ccccc3F)CC2)c1. The van der Waals surface area contributed by atoms with Crippen molar-refractivity contribution in [1.29, 1.82) is 0 Å². The fourth-order valence-corrected chi connectivity index (χ4v) is 3.19. The number of halogens is 1. The number of piperidine rings is 1. The Morgan fingerprint density at radius 3 is 2.57 bits per heavy atom. The van der Waals surface area contributed by atoms with Crippen molar-refractivity contribution in [3.8, 4) is 0 Å². The molecule has 23 heavy (non-hydrogen) atoms. The van der Waals surface area contributed by atoms with Crippen molar-refractivity contribution in [2.45, 2.75) is 25.3 Å². The Morgan fingerprint density at radius 1 is 1.13 bits per heavy atom. The Kier molecular flexibility index (Phi) is 4.72. The van der Waals surface area contributed by atoms with Crippen molar-refractivity contribution in [2.24, 2.45) is 5.73 Å². The molecule has 1 saturated heterocycles. The molecule has 1 fully saturated rings. The van der Waals surface area contributed by atoms with E-state index in [4.69, 9.17) is 5.73 Å². The minimum absolute atomic E-state index is 0.163. The van der Waals surface area contributed by atoms with Crippen LogP contribution < -0.4 is 5.73 Å². The van der Waals surface area contributed by atoms with Gasteiger partial charge >= 0.3 is 0 Å². The molecule has 1 heterocycles. The molecule has 2 N–H and O–H groups in total. The zero-order chi connectivity index (χ0) is 16.2. The maximum Gasteiger partial charge on any atom is 0.256 e. The first-order chi connectivity index (χ1) is 11.2. The lowest BCUT2D eigenvalue weighted by molar-refractivity contribution is 0.0708. The monoisotopic (exact) mass is 312 g/mol. The van der Waals surface area contributed by atoms with Crippen LogP contribution in [-0.2, 0) is 6.54 Å². The Morgan fingerprint density at radius 2 is 1.87 bits per heavy atom. The minimum atomic E-state index is -0.449. The molecular formula is C19H21FN2O. The van der Waals surface area contributed by atoms with Crippen LogP contribution in [-0.4, -0.2) is 23.9 Å². The number of benzene rings is 2. The summed E-state index contributed by atoms with van der Waals surface area (Å²) in [6.07, 6.45) is 1.79. The lowest BCUT2D eigenvalue weighted by atomic mass is 9.88. The van der Waals surface area contributed by atoms with E-state index in [2.05, 4.69) is 12.1 Å². The molecular weight excluding hydrogens is 291 g/mol. The van der Waals surface area contributed by atoms with Crippen LogP contribution in [0.25, 0.3) is 0 Å². The summed E-state index contributed by atoms with van der Waals surface area (Å²) in [5.74, 6) is -0.223. The number of likely N-dealkylation sites (tertiary alicyclic amines) is 1. The van der Waals surface area contributed by atoms with E-state index in [0.717, 1.165) is 18.4 Å². The maximum atomic E-state index is 13.8. The second kappa shape index (κ2) is 6.92. The van der Waals surface area contributed by atoms with E-state index in [1.165, 1.54) is 11.6 Å². The van der Waals surface area contributed by atoms with Gasteiger partial charge in [-0.25, -0.2) is 4.39 Å². The number of hydrogen-bond donors (Lipinski definition) is 1. The molecule has 0 saturated carbocycles. The lowest BCUT2D eigenvalue weighted by Crippen LogP contribution is -2.38. The van der Waals surface area contributed by atoms with Crippen molar-refractivity contribution in [3.05, 3.63) is 71.0 Å². The van der Waals surface area contributed by atoms with E-state index in [-0.39, 0.29) is 11.5 Å². The van der Waals surface area contributed by atoms with Gasteiger partial charge in [0, 0.05) is 19.6 Å². The highest BCUT2D eigenvalue weighted by molar-refractivity contribution is 5.94. The molecule has 2 aromatic carbocycles. The second-order valence-electron chi connectivity index (χ2n) is 6.00. The van der Waals surface area contributed by atoms with E-state index in [0.29, 0.717) is 25.6 Å². The van der Waals surface area contributed by atoms with Gasteiger partial charge in [0.2, 0.25) is 0 Å². The number of nitrogens with zero attached hydrogens (tertiary/aromatic N) is 1. The number of carbonyl (C=O) groups excluding carboxylic acids is 1. The van der Waals surface area contributed by atoms with Crippen LogP contribution in [0.5, 0.6) is 0 Å². The summed E-state index contributed by atoms with van der Waals surface area (Å²) in [6.45, 7) is 1.85. The van der Waals surface area contributed by atoms with Gasteiger partial charge in [0.1, 0.15) is 5.82 Å². The minimum Gasteiger partial charge on any atom is -0.339 e. The number of carbonyl (C=O) groups is 1. The van der Waals surface area contributed by atoms with Crippen molar-refractivity contribution in [3.63, 3.8) is 0 Å².